The zero-order valence-corrected chi connectivity index (χ0v) is 20.4. The molecule has 4 amide bonds. The number of ether oxygens (including phenoxy) is 2. The zero-order chi connectivity index (χ0) is 27.4. The fraction of sp³-hybridized carbons (Fsp3) is 0.0769. The quantitative estimate of drug-likeness (QED) is 0.155. The molecule has 3 aromatic rings. The largest absolute Gasteiger partial charge is 0.487 e. The Morgan fingerprint density at radius 2 is 1.74 bits per heavy atom. The molecule has 1 N–H and O–H groups in total. The number of amides is 4. The Kier molecular flexibility index (Phi) is 7.49. The molecule has 1 aliphatic rings. The fourth-order valence-corrected chi connectivity index (χ4v) is 3.77. The Morgan fingerprint density at radius 1 is 1.05 bits per heavy atom. The van der Waals surface area contributed by atoms with Crippen LogP contribution in [0.25, 0.3) is 6.08 Å². The maximum atomic E-state index is 13.1. The topological polar surface area (TPSA) is 145 Å². The minimum atomic E-state index is -0.934. The first-order valence-corrected chi connectivity index (χ1v) is 11.3. The first-order chi connectivity index (χ1) is 18.2. The molecule has 1 heterocycles. The summed E-state index contributed by atoms with van der Waals surface area (Å²) in [6, 6.07) is 15.0. The second-order valence-electron chi connectivity index (χ2n) is 7.90. The number of anilines is 1. The molecule has 0 aromatic heterocycles. The van der Waals surface area contributed by atoms with Gasteiger partial charge in [0, 0.05) is 12.1 Å². The van der Waals surface area contributed by atoms with Gasteiger partial charge in [-0.05, 0) is 65.7 Å². The van der Waals surface area contributed by atoms with E-state index in [0.29, 0.717) is 16.9 Å². The SMILES string of the molecule is COC(=O)c1ccc(N2C(=O)NC(=O)/C(=C\c3ccc(OCc4ccc([N+](=O)[O-])cc4)c(Cl)c3)C2=O)cc1. The highest BCUT2D eigenvalue weighted by Gasteiger charge is 2.36. The van der Waals surface area contributed by atoms with E-state index < -0.39 is 28.7 Å². The lowest BCUT2D eigenvalue weighted by Gasteiger charge is -2.26. The van der Waals surface area contributed by atoms with Gasteiger partial charge in [-0.1, -0.05) is 17.7 Å². The van der Waals surface area contributed by atoms with Gasteiger partial charge in [-0.15, -0.1) is 0 Å². The van der Waals surface area contributed by atoms with Crippen LogP contribution in [-0.2, 0) is 20.9 Å². The van der Waals surface area contributed by atoms with Gasteiger partial charge in [0.15, 0.2) is 0 Å². The molecule has 1 fully saturated rings. The van der Waals surface area contributed by atoms with Gasteiger partial charge in [-0.2, -0.15) is 0 Å². The molecule has 192 valence electrons. The second kappa shape index (κ2) is 10.9. The lowest BCUT2D eigenvalue weighted by molar-refractivity contribution is -0.384. The molecule has 4 rings (SSSR count). The monoisotopic (exact) mass is 535 g/mol. The van der Waals surface area contributed by atoms with Crippen LogP contribution in [0.4, 0.5) is 16.2 Å². The summed E-state index contributed by atoms with van der Waals surface area (Å²) in [5.74, 6) is -2.01. The standard InChI is InChI=1S/C26H18ClN3O8/c1-37-25(33)17-5-9-18(10-6-17)29-24(32)20(23(31)28-26(29)34)12-16-4-11-22(21(27)13-16)38-14-15-2-7-19(8-3-15)30(35)36/h2-13H,14H2,1H3,(H,28,31,34)/b20-12+. The highest BCUT2D eigenvalue weighted by Crippen LogP contribution is 2.29. The predicted octanol–water partition coefficient (Wildman–Crippen LogP) is 4.28. The molecule has 0 spiro atoms. The van der Waals surface area contributed by atoms with Gasteiger partial charge in [-0.25, -0.2) is 14.5 Å². The molecule has 11 nitrogen and oxygen atoms in total. The third kappa shape index (κ3) is 5.52. The summed E-state index contributed by atoms with van der Waals surface area (Å²) in [4.78, 5) is 60.6. The van der Waals surface area contributed by atoms with Crippen LogP contribution < -0.4 is 15.0 Å². The van der Waals surface area contributed by atoms with Crippen molar-refractivity contribution in [2.75, 3.05) is 12.0 Å². The summed E-state index contributed by atoms with van der Waals surface area (Å²) < 4.78 is 10.3. The molecule has 0 saturated carbocycles. The van der Waals surface area contributed by atoms with Crippen molar-refractivity contribution in [2.45, 2.75) is 6.61 Å². The van der Waals surface area contributed by atoms with Crippen molar-refractivity contribution in [3.05, 3.63) is 104 Å². The van der Waals surface area contributed by atoms with Gasteiger partial charge in [0.2, 0.25) is 0 Å². The van der Waals surface area contributed by atoms with Crippen molar-refractivity contribution < 1.29 is 33.6 Å². The lowest BCUT2D eigenvalue weighted by Crippen LogP contribution is -2.54. The molecule has 1 aliphatic heterocycles. The van der Waals surface area contributed by atoms with E-state index in [0.717, 1.165) is 4.90 Å². The Bertz CT molecular complexity index is 1480. The Hall–Kier alpha value is -5.03. The number of hydrogen-bond acceptors (Lipinski definition) is 8. The molecule has 0 bridgehead atoms. The number of urea groups is 1. The average Bonchev–Trinajstić information content (AvgIpc) is 2.90. The number of carbonyl (C=O) groups is 4. The average molecular weight is 536 g/mol. The Balaban J connectivity index is 1.52. The highest BCUT2D eigenvalue weighted by atomic mass is 35.5. The van der Waals surface area contributed by atoms with Crippen LogP contribution in [-0.4, -0.2) is 35.8 Å². The Morgan fingerprint density at radius 3 is 2.34 bits per heavy atom. The van der Waals surface area contributed by atoms with E-state index in [2.05, 4.69) is 10.1 Å². The number of methoxy groups -OCH3 is 1. The number of nitro groups is 1. The number of hydrogen-bond donors (Lipinski definition) is 1. The van der Waals surface area contributed by atoms with Crippen molar-refractivity contribution in [3.8, 4) is 5.75 Å². The van der Waals surface area contributed by atoms with Gasteiger partial charge in [-0.3, -0.25) is 25.0 Å². The van der Waals surface area contributed by atoms with E-state index in [1.165, 1.54) is 55.7 Å². The van der Waals surface area contributed by atoms with Crippen LogP contribution in [0.1, 0.15) is 21.5 Å². The summed E-state index contributed by atoms with van der Waals surface area (Å²) in [6.07, 6.45) is 1.28. The van der Waals surface area contributed by atoms with E-state index in [4.69, 9.17) is 16.3 Å². The summed E-state index contributed by atoms with van der Waals surface area (Å²) in [6.45, 7) is 0.102. The Labute approximate surface area is 220 Å². The van der Waals surface area contributed by atoms with E-state index in [9.17, 15) is 29.3 Å². The zero-order valence-electron chi connectivity index (χ0n) is 19.7. The molecule has 0 atom stereocenters. The number of nitrogens with one attached hydrogen (secondary N) is 1. The number of carbonyl (C=O) groups excluding carboxylic acids is 4. The molecule has 0 unspecified atom stereocenters. The van der Waals surface area contributed by atoms with E-state index in [1.807, 2.05) is 0 Å². The smallest absolute Gasteiger partial charge is 0.337 e. The maximum absolute atomic E-state index is 13.1. The van der Waals surface area contributed by atoms with Crippen molar-refractivity contribution in [2.24, 2.45) is 0 Å². The van der Waals surface area contributed by atoms with Crippen molar-refractivity contribution in [3.63, 3.8) is 0 Å². The van der Waals surface area contributed by atoms with Crippen LogP contribution in [0.15, 0.2) is 72.3 Å². The number of halogens is 1. The second-order valence-corrected chi connectivity index (χ2v) is 8.31. The molecular formula is C26H18ClN3O8. The molecule has 12 heteroatoms. The number of barbiturate groups is 1. The van der Waals surface area contributed by atoms with Crippen LogP contribution in [0, 0.1) is 10.1 Å². The molecule has 0 radical (unpaired) electrons. The molecule has 3 aromatic carbocycles. The number of esters is 1. The molecule has 1 saturated heterocycles. The van der Waals surface area contributed by atoms with Gasteiger partial charge in [0.25, 0.3) is 17.5 Å². The third-order valence-corrected chi connectivity index (χ3v) is 5.75. The third-order valence-electron chi connectivity index (χ3n) is 5.46. The minimum Gasteiger partial charge on any atom is -0.487 e. The number of nitrogens with zero attached hydrogens (tertiary/aromatic N) is 2. The number of non-ortho nitro benzene ring substituents is 1. The number of benzene rings is 3. The predicted molar refractivity (Wildman–Crippen MR) is 136 cm³/mol. The van der Waals surface area contributed by atoms with E-state index >= 15 is 0 Å². The summed E-state index contributed by atoms with van der Waals surface area (Å²) in [7, 11) is 1.23. The van der Waals surface area contributed by atoms with Gasteiger partial charge < -0.3 is 9.47 Å². The lowest BCUT2D eigenvalue weighted by atomic mass is 10.1. The molecular weight excluding hydrogens is 518 g/mol. The van der Waals surface area contributed by atoms with Crippen LogP contribution >= 0.6 is 11.6 Å². The van der Waals surface area contributed by atoms with Gasteiger partial charge in [0.1, 0.15) is 17.9 Å². The van der Waals surface area contributed by atoms with Gasteiger partial charge >= 0.3 is 12.0 Å². The van der Waals surface area contributed by atoms with Crippen LogP contribution in [0.2, 0.25) is 5.02 Å². The van der Waals surface area contributed by atoms with Crippen molar-refractivity contribution in [1.82, 2.24) is 5.32 Å². The number of rotatable bonds is 7. The van der Waals surface area contributed by atoms with Crippen molar-refractivity contribution >= 4 is 52.9 Å². The first-order valence-electron chi connectivity index (χ1n) is 10.9. The fourth-order valence-electron chi connectivity index (χ4n) is 3.52. The summed E-state index contributed by atoms with van der Waals surface area (Å²) in [5.41, 5.74) is 1.10. The van der Waals surface area contributed by atoms with Crippen molar-refractivity contribution in [1.29, 1.82) is 0 Å². The minimum absolute atomic E-state index is 0.0380. The van der Waals surface area contributed by atoms with E-state index in [-0.39, 0.29) is 34.1 Å². The number of imide groups is 2. The molecule has 38 heavy (non-hydrogen) atoms. The van der Waals surface area contributed by atoms with Crippen LogP contribution in [0.3, 0.4) is 0 Å². The first kappa shape index (κ1) is 26.0. The normalized spacial score (nSPS) is 14.3. The summed E-state index contributed by atoms with van der Waals surface area (Å²) >= 11 is 6.32. The van der Waals surface area contributed by atoms with Crippen LogP contribution in [0.5, 0.6) is 5.75 Å². The highest BCUT2D eigenvalue weighted by molar-refractivity contribution is 6.39. The molecule has 0 aliphatic carbocycles. The maximum Gasteiger partial charge on any atom is 0.337 e. The van der Waals surface area contributed by atoms with E-state index in [1.54, 1.807) is 24.3 Å². The number of nitro benzene ring substituents is 1. The summed E-state index contributed by atoms with van der Waals surface area (Å²) in [5, 5.41) is 13.1. The van der Waals surface area contributed by atoms with Gasteiger partial charge in [0.05, 0.1) is 28.3 Å².